The second-order valence-electron chi connectivity index (χ2n) is 8.67. The number of rotatable bonds is 8. The Kier molecular flexibility index (Phi) is 7.35. The summed E-state index contributed by atoms with van der Waals surface area (Å²) in [4.78, 5) is 34.1. The Morgan fingerprint density at radius 1 is 1.10 bits per heavy atom. The quantitative estimate of drug-likeness (QED) is 0.612. The SMILES string of the molecule is CCCC(CCC)C(=O)Nc1ncc2c(n1)C[C@H](c1ccc(C(C)C)cc1)CC2=O. The number of hydrogen-bond acceptors (Lipinski definition) is 4. The van der Waals surface area contributed by atoms with Crippen molar-refractivity contribution in [2.75, 3.05) is 5.32 Å². The van der Waals surface area contributed by atoms with Gasteiger partial charge in [0, 0.05) is 18.5 Å². The molecule has 2 aromatic rings. The monoisotopic (exact) mass is 407 g/mol. The molecule has 1 aromatic heterocycles. The third kappa shape index (κ3) is 5.13. The number of ketones is 1. The van der Waals surface area contributed by atoms with Gasteiger partial charge < -0.3 is 0 Å². The number of carbonyl (C=O) groups excluding carboxylic acids is 2. The van der Waals surface area contributed by atoms with Crippen molar-refractivity contribution in [3.8, 4) is 0 Å². The van der Waals surface area contributed by atoms with Crippen molar-refractivity contribution in [3.63, 3.8) is 0 Å². The summed E-state index contributed by atoms with van der Waals surface area (Å²) >= 11 is 0. The number of hydrogen-bond donors (Lipinski definition) is 1. The van der Waals surface area contributed by atoms with Gasteiger partial charge >= 0.3 is 0 Å². The molecule has 0 saturated heterocycles. The van der Waals surface area contributed by atoms with Crippen LogP contribution in [-0.2, 0) is 11.2 Å². The number of fused-ring (bicyclic) bond motifs is 1. The van der Waals surface area contributed by atoms with E-state index in [1.165, 1.54) is 5.56 Å². The zero-order valence-electron chi connectivity index (χ0n) is 18.6. The van der Waals surface area contributed by atoms with Gasteiger partial charge in [0.15, 0.2) is 5.78 Å². The van der Waals surface area contributed by atoms with Crippen molar-refractivity contribution < 1.29 is 9.59 Å². The predicted octanol–water partition coefficient (Wildman–Crippen LogP) is 5.67. The highest BCUT2D eigenvalue weighted by atomic mass is 16.2. The first-order valence-corrected chi connectivity index (χ1v) is 11.2. The standard InChI is InChI=1S/C25H33N3O2/c1-5-7-19(8-6-2)24(30)28-25-26-15-21-22(27-25)13-20(14-23(21)29)18-11-9-17(10-12-18)16(3)4/h9-12,15-16,19-20H,5-8,13-14H2,1-4H3,(H,26,27,28,30)/t20-/m0/s1. The number of aromatic nitrogens is 2. The lowest BCUT2D eigenvalue weighted by molar-refractivity contribution is -0.120. The molecule has 0 radical (unpaired) electrons. The highest BCUT2D eigenvalue weighted by Crippen LogP contribution is 2.32. The number of nitrogens with one attached hydrogen (secondary N) is 1. The molecule has 0 unspecified atom stereocenters. The third-order valence-electron chi connectivity index (χ3n) is 5.99. The van der Waals surface area contributed by atoms with Gasteiger partial charge in [0.25, 0.3) is 0 Å². The minimum Gasteiger partial charge on any atom is -0.294 e. The zero-order valence-corrected chi connectivity index (χ0v) is 18.6. The van der Waals surface area contributed by atoms with E-state index in [-0.39, 0.29) is 23.5 Å². The number of nitrogens with zero attached hydrogens (tertiary/aromatic N) is 2. The summed E-state index contributed by atoms with van der Waals surface area (Å²) in [6.45, 7) is 8.52. The molecule has 0 spiro atoms. The summed E-state index contributed by atoms with van der Waals surface area (Å²) in [5.74, 6) is 0.921. The molecule has 0 fully saturated rings. The molecule has 0 bridgehead atoms. The number of anilines is 1. The van der Waals surface area contributed by atoms with Crippen LogP contribution in [0.15, 0.2) is 30.5 Å². The Morgan fingerprint density at radius 2 is 1.77 bits per heavy atom. The number of carbonyl (C=O) groups is 2. The topological polar surface area (TPSA) is 72.0 Å². The van der Waals surface area contributed by atoms with E-state index in [0.29, 0.717) is 30.3 Å². The normalized spacial score (nSPS) is 16.1. The lowest BCUT2D eigenvalue weighted by atomic mass is 9.81. The minimum atomic E-state index is -0.0263. The van der Waals surface area contributed by atoms with Gasteiger partial charge in [0.2, 0.25) is 11.9 Å². The van der Waals surface area contributed by atoms with Crippen LogP contribution in [0, 0.1) is 5.92 Å². The lowest BCUT2D eigenvalue weighted by Gasteiger charge is -2.24. The molecule has 30 heavy (non-hydrogen) atoms. The molecule has 1 amide bonds. The van der Waals surface area contributed by atoms with Gasteiger partial charge in [-0.15, -0.1) is 0 Å². The van der Waals surface area contributed by atoms with Crippen molar-refractivity contribution in [1.82, 2.24) is 9.97 Å². The Bertz CT molecular complexity index is 884. The molecule has 1 aromatic carbocycles. The van der Waals surface area contributed by atoms with E-state index in [1.807, 2.05) is 0 Å². The maximum atomic E-state index is 12.7. The van der Waals surface area contributed by atoms with Crippen LogP contribution >= 0.6 is 0 Å². The van der Waals surface area contributed by atoms with E-state index in [9.17, 15) is 9.59 Å². The van der Waals surface area contributed by atoms with E-state index in [1.54, 1.807) is 6.20 Å². The van der Waals surface area contributed by atoms with Gasteiger partial charge in [-0.1, -0.05) is 64.8 Å². The second-order valence-corrected chi connectivity index (χ2v) is 8.67. The largest absolute Gasteiger partial charge is 0.294 e. The van der Waals surface area contributed by atoms with Gasteiger partial charge in [-0.2, -0.15) is 0 Å². The Hall–Kier alpha value is -2.56. The molecule has 5 nitrogen and oxygen atoms in total. The van der Waals surface area contributed by atoms with Crippen molar-refractivity contribution in [1.29, 1.82) is 0 Å². The first-order chi connectivity index (χ1) is 14.4. The highest BCUT2D eigenvalue weighted by Gasteiger charge is 2.28. The first kappa shape index (κ1) is 22.1. The molecule has 1 atom stereocenters. The van der Waals surface area contributed by atoms with Crippen LogP contribution in [0.4, 0.5) is 5.95 Å². The lowest BCUT2D eigenvalue weighted by Crippen LogP contribution is -2.26. The smallest absolute Gasteiger partial charge is 0.229 e. The summed E-state index contributed by atoms with van der Waals surface area (Å²) < 4.78 is 0. The van der Waals surface area contributed by atoms with Crippen molar-refractivity contribution in [2.45, 2.75) is 78.1 Å². The third-order valence-corrected chi connectivity index (χ3v) is 5.99. The average molecular weight is 408 g/mol. The second kappa shape index (κ2) is 9.96. The Labute approximate surface area is 179 Å². The summed E-state index contributed by atoms with van der Waals surface area (Å²) in [7, 11) is 0. The molecule has 1 N–H and O–H groups in total. The van der Waals surface area contributed by atoms with E-state index in [4.69, 9.17) is 0 Å². The van der Waals surface area contributed by atoms with E-state index in [0.717, 1.165) is 36.9 Å². The van der Waals surface area contributed by atoms with E-state index < -0.39 is 0 Å². The molecule has 1 heterocycles. The molecule has 1 aliphatic carbocycles. The van der Waals surface area contributed by atoms with Crippen LogP contribution in [0.1, 0.15) is 98.8 Å². The van der Waals surface area contributed by atoms with Crippen LogP contribution in [0.5, 0.6) is 0 Å². The Morgan fingerprint density at radius 3 is 2.37 bits per heavy atom. The van der Waals surface area contributed by atoms with E-state index >= 15 is 0 Å². The van der Waals surface area contributed by atoms with Crippen molar-refractivity contribution in [2.24, 2.45) is 5.92 Å². The van der Waals surface area contributed by atoms with Crippen molar-refractivity contribution in [3.05, 3.63) is 52.8 Å². The summed E-state index contributed by atoms with van der Waals surface area (Å²) in [6, 6.07) is 8.55. The van der Waals surface area contributed by atoms with Gasteiger partial charge in [0.1, 0.15) is 0 Å². The van der Waals surface area contributed by atoms with Gasteiger partial charge in [-0.05, 0) is 42.2 Å². The number of benzene rings is 1. The fraction of sp³-hybridized carbons (Fsp3) is 0.520. The van der Waals surface area contributed by atoms with E-state index in [2.05, 4.69) is 67.2 Å². The maximum absolute atomic E-state index is 12.7. The fourth-order valence-corrected chi connectivity index (χ4v) is 4.21. The Balaban J connectivity index is 1.77. The molecular weight excluding hydrogens is 374 g/mol. The molecule has 160 valence electrons. The van der Waals surface area contributed by atoms with Crippen LogP contribution in [0.2, 0.25) is 0 Å². The van der Waals surface area contributed by atoms with Gasteiger partial charge in [0.05, 0.1) is 11.3 Å². The summed E-state index contributed by atoms with van der Waals surface area (Å²) in [5.41, 5.74) is 3.77. The minimum absolute atomic E-state index is 0.0199. The van der Waals surface area contributed by atoms with Crippen LogP contribution in [0.25, 0.3) is 0 Å². The van der Waals surface area contributed by atoms with Gasteiger partial charge in [-0.25, -0.2) is 9.97 Å². The number of Topliss-reactive ketones (excluding diaryl/α,β-unsaturated/α-hetero) is 1. The zero-order chi connectivity index (χ0) is 21.7. The average Bonchev–Trinajstić information content (AvgIpc) is 2.73. The predicted molar refractivity (Wildman–Crippen MR) is 120 cm³/mol. The molecule has 5 heteroatoms. The maximum Gasteiger partial charge on any atom is 0.229 e. The molecule has 1 aliphatic rings. The van der Waals surface area contributed by atoms with Gasteiger partial charge in [-0.3, -0.25) is 14.9 Å². The molecule has 3 rings (SSSR count). The molecular formula is C25H33N3O2. The van der Waals surface area contributed by atoms with Crippen LogP contribution in [0.3, 0.4) is 0 Å². The number of amides is 1. The summed E-state index contributed by atoms with van der Waals surface area (Å²) in [5, 5.41) is 2.88. The van der Waals surface area contributed by atoms with Crippen LogP contribution in [-0.4, -0.2) is 21.7 Å². The molecule has 0 aliphatic heterocycles. The summed E-state index contributed by atoms with van der Waals surface area (Å²) in [6.07, 6.45) is 6.38. The van der Waals surface area contributed by atoms with Crippen molar-refractivity contribution >= 4 is 17.6 Å². The highest BCUT2D eigenvalue weighted by molar-refractivity contribution is 5.99. The molecule has 0 saturated carbocycles. The first-order valence-electron chi connectivity index (χ1n) is 11.2. The van der Waals surface area contributed by atoms with Crippen LogP contribution < -0.4 is 5.32 Å². The fourth-order valence-electron chi connectivity index (χ4n) is 4.21.